The number of likely N-dealkylation sites (tertiary alicyclic amines) is 1. The number of hydrogen-bond acceptors (Lipinski definition) is 7. The van der Waals surface area contributed by atoms with Gasteiger partial charge in [0, 0.05) is 49.4 Å². The van der Waals surface area contributed by atoms with Crippen LogP contribution in [-0.2, 0) is 0 Å². The molecule has 2 aromatic carbocycles. The van der Waals surface area contributed by atoms with Crippen molar-refractivity contribution >= 4 is 5.91 Å². The van der Waals surface area contributed by atoms with E-state index < -0.39 is 0 Å². The number of aromatic nitrogens is 4. The van der Waals surface area contributed by atoms with E-state index in [1.165, 1.54) is 0 Å². The Labute approximate surface area is 203 Å². The van der Waals surface area contributed by atoms with Gasteiger partial charge in [-0.3, -0.25) is 9.78 Å². The Morgan fingerprint density at radius 2 is 1.74 bits per heavy atom. The second-order valence-electron chi connectivity index (χ2n) is 8.37. The number of rotatable bonds is 6. The third kappa shape index (κ3) is 5.27. The molecule has 1 saturated heterocycles. The van der Waals surface area contributed by atoms with E-state index in [0.29, 0.717) is 30.3 Å². The fourth-order valence-corrected chi connectivity index (χ4v) is 4.17. The van der Waals surface area contributed by atoms with Gasteiger partial charge in [0.15, 0.2) is 0 Å². The molecule has 0 N–H and O–H groups in total. The maximum atomic E-state index is 13.4. The van der Waals surface area contributed by atoms with E-state index in [0.717, 1.165) is 29.8 Å². The molecule has 1 fully saturated rings. The number of nitrogens with zero attached hydrogens (tertiary/aromatic N) is 5. The Bertz CT molecular complexity index is 1310. The van der Waals surface area contributed by atoms with Crippen molar-refractivity contribution in [2.24, 2.45) is 0 Å². The van der Waals surface area contributed by atoms with Gasteiger partial charge in [0.1, 0.15) is 17.2 Å². The smallest absolute Gasteiger partial charge is 0.321 e. The standard InChI is InChI=1S/C27H25N5O3/c1-19-7-2-3-11-23(19)35-25-24(28-14-15-29-25)21-9-5-16-32(18-21)26(33)20-8-4-10-22(17-20)34-27-30-12-6-13-31-27/h2-4,6-8,10-15,17,21H,5,9,16,18H2,1H3. The maximum Gasteiger partial charge on any atom is 0.321 e. The van der Waals surface area contributed by atoms with Crippen molar-refractivity contribution in [3.05, 3.63) is 96.2 Å². The van der Waals surface area contributed by atoms with Crippen LogP contribution in [0.5, 0.6) is 23.4 Å². The van der Waals surface area contributed by atoms with Gasteiger partial charge >= 0.3 is 6.01 Å². The summed E-state index contributed by atoms with van der Waals surface area (Å²) in [6, 6.07) is 16.8. The normalized spacial score (nSPS) is 15.5. The van der Waals surface area contributed by atoms with E-state index in [2.05, 4.69) is 19.9 Å². The number of para-hydroxylation sites is 1. The third-order valence-electron chi connectivity index (χ3n) is 5.92. The summed E-state index contributed by atoms with van der Waals surface area (Å²) in [7, 11) is 0. The molecule has 0 spiro atoms. The van der Waals surface area contributed by atoms with Gasteiger partial charge in [0.05, 0.1) is 0 Å². The van der Waals surface area contributed by atoms with E-state index in [1.54, 1.807) is 55.1 Å². The Morgan fingerprint density at radius 1 is 0.914 bits per heavy atom. The van der Waals surface area contributed by atoms with E-state index in [-0.39, 0.29) is 17.8 Å². The van der Waals surface area contributed by atoms with Crippen molar-refractivity contribution < 1.29 is 14.3 Å². The highest BCUT2D eigenvalue weighted by atomic mass is 16.5. The molecule has 2 aromatic heterocycles. The third-order valence-corrected chi connectivity index (χ3v) is 5.92. The summed E-state index contributed by atoms with van der Waals surface area (Å²) in [5, 5.41) is 0. The quantitative estimate of drug-likeness (QED) is 0.386. The number of benzene rings is 2. The van der Waals surface area contributed by atoms with Crippen LogP contribution in [0.2, 0.25) is 0 Å². The average Bonchev–Trinajstić information content (AvgIpc) is 2.91. The van der Waals surface area contributed by atoms with Gasteiger partial charge < -0.3 is 14.4 Å². The molecular weight excluding hydrogens is 442 g/mol. The summed E-state index contributed by atoms with van der Waals surface area (Å²) < 4.78 is 11.8. The molecule has 8 nitrogen and oxygen atoms in total. The van der Waals surface area contributed by atoms with Crippen LogP contribution in [0.1, 0.15) is 40.4 Å². The monoisotopic (exact) mass is 467 g/mol. The first-order chi connectivity index (χ1) is 17.2. The minimum atomic E-state index is -0.0561. The summed E-state index contributed by atoms with van der Waals surface area (Å²) in [6.07, 6.45) is 8.29. The fourth-order valence-electron chi connectivity index (χ4n) is 4.17. The zero-order valence-electron chi connectivity index (χ0n) is 19.4. The largest absolute Gasteiger partial charge is 0.437 e. The number of carbonyl (C=O) groups is 1. The Morgan fingerprint density at radius 3 is 2.60 bits per heavy atom. The van der Waals surface area contributed by atoms with Crippen LogP contribution in [0.3, 0.4) is 0 Å². The highest BCUT2D eigenvalue weighted by molar-refractivity contribution is 5.94. The van der Waals surface area contributed by atoms with Gasteiger partial charge in [-0.2, -0.15) is 0 Å². The predicted molar refractivity (Wildman–Crippen MR) is 130 cm³/mol. The van der Waals surface area contributed by atoms with Crippen molar-refractivity contribution in [2.45, 2.75) is 25.7 Å². The number of amides is 1. The number of ether oxygens (including phenoxy) is 2. The van der Waals surface area contributed by atoms with Gasteiger partial charge in [0.2, 0.25) is 5.88 Å². The predicted octanol–water partition coefficient (Wildman–Crippen LogP) is 5.18. The first-order valence-electron chi connectivity index (χ1n) is 11.6. The molecule has 5 rings (SSSR count). The summed E-state index contributed by atoms with van der Waals surface area (Å²) in [6.45, 7) is 3.21. The minimum Gasteiger partial charge on any atom is -0.437 e. The minimum absolute atomic E-state index is 0.0255. The molecule has 1 unspecified atom stereocenters. The van der Waals surface area contributed by atoms with Crippen molar-refractivity contribution in [3.8, 4) is 23.4 Å². The van der Waals surface area contributed by atoms with Crippen LogP contribution in [0.25, 0.3) is 0 Å². The number of piperidine rings is 1. The highest BCUT2D eigenvalue weighted by Crippen LogP contribution is 2.34. The van der Waals surface area contributed by atoms with E-state index in [1.807, 2.05) is 36.1 Å². The van der Waals surface area contributed by atoms with Crippen LogP contribution in [-0.4, -0.2) is 43.8 Å². The van der Waals surface area contributed by atoms with Gasteiger partial charge in [-0.05, 0) is 55.7 Å². The molecule has 1 aliphatic heterocycles. The van der Waals surface area contributed by atoms with E-state index in [9.17, 15) is 4.79 Å². The molecule has 0 saturated carbocycles. The van der Waals surface area contributed by atoms with Crippen molar-refractivity contribution in [2.75, 3.05) is 13.1 Å². The Hall–Kier alpha value is -4.33. The second-order valence-corrected chi connectivity index (χ2v) is 8.37. The lowest BCUT2D eigenvalue weighted by atomic mass is 9.94. The number of hydrogen-bond donors (Lipinski definition) is 0. The molecule has 0 bridgehead atoms. The lowest BCUT2D eigenvalue weighted by molar-refractivity contribution is 0.0704. The Balaban J connectivity index is 1.32. The molecule has 3 heterocycles. The second kappa shape index (κ2) is 10.3. The number of carbonyl (C=O) groups excluding carboxylic acids is 1. The zero-order valence-corrected chi connectivity index (χ0v) is 19.4. The molecule has 4 aromatic rings. The van der Waals surface area contributed by atoms with Crippen molar-refractivity contribution in [1.29, 1.82) is 0 Å². The summed E-state index contributed by atoms with van der Waals surface area (Å²) in [4.78, 5) is 32.4. The highest BCUT2D eigenvalue weighted by Gasteiger charge is 2.29. The topological polar surface area (TPSA) is 90.3 Å². The molecule has 8 heteroatoms. The van der Waals surface area contributed by atoms with Crippen LogP contribution >= 0.6 is 0 Å². The summed E-state index contributed by atoms with van der Waals surface area (Å²) >= 11 is 0. The van der Waals surface area contributed by atoms with E-state index in [4.69, 9.17) is 9.47 Å². The first kappa shape index (κ1) is 22.5. The molecule has 0 radical (unpaired) electrons. The van der Waals surface area contributed by atoms with Crippen LogP contribution < -0.4 is 9.47 Å². The van der Waals surface area contributed by atoms with E-state index >= 15 is 0 Å². The molecule has 1 aliphatic rings. The van der Waals surface area contributed by atoms with Crippen LogP contribution in [0.4, 0.5) is 0 Å². The summed E-state index contributed by atoms with van der Waals surface area (Å²) in [5.41, 5.74) is 2.34. The van der Waals surface area contributed by atoms with Gasteiger partial charge in [0.25, 0.3) is 5.91 Å². The van der Waals surface area contributed by atoms with Crippen molar-refractivity contribution in [1.82, 2.24) is 24.8 Å². The molecular formula is C27H25N5O3. The summed E-state index contributed by atoms with van der Waals surface area (Å²) in [5.74, 6) is 1.71. The van der Waals surface area contributed by atoms with Crippen molar-refractivity contribution in [3.63, 3.8) is 0 Å². The average molecular weight is 468 g/mol. The fraction of sp³-hybridized carbons (Fsp3) is 0.222. The molecule has 0 aliphatic carbocycles. The Kier molecular flexibility index (Phi) is 6.61. The maximum absolute atomic E-state index is 13.4. The SMILES string of the molecule is Cc1ccccc1Oc1nccnc1C1CCCN(C(=O)c2cccc(Oc3ncccn3)c2)C1. The first-order valence-corrected chi connectivity index (χ1v) is 11.6. The molecule has 1 atom stereocenters. The molecule has 1 amide bonds. The molecule has 176 valence electrons. The van der Waals surface area contributed by atoms with Gasteiger partial charge in [-0.1, -0.05) is 24.3 Å². The number of aryl methyl sites for hydroxylation is 1. The molecule has 35 heavy (non-hydrogen) atoms. The van der Waals surface area contributed by atoms with Crippen LogP contribution in [0, 0.1) is 6.92 Å². The lowest BCUT2D eigenvalue weighted by Gasteiger charge is -2.33. The van der Waals surface area contributed by atoms with Crippen LogP contribution in [0.15, 0.2) is 79.4 Å². The van der Waals surface area contributed by atoms with Gasteiger partial charge in [-0.25, -0.2) is 15.0 Å². The van der Waals surface area contributed by atoms with Gasteiger partial charge in [-0.15, -0.1) is 0 Å². The zero-order chi connectivity index (χ0) is 24.0. The lowest BCUT2D eigenvalue weighted by Crippen LogP contribution is -2.39.